The summed E-state index contributed by atoms with van der Waals surface area (Å²) < 4.78 is 9.67. The van der Waals surface area contributed by atoms with Crippen LogP contribution in [0.5, 0.6) is 0 Å². The molecular weight excluding hydrogens is 550 g/mol. The molecule has 0 spiro atoms. The highest BCUT2D eigenvalue weighted by Gasteiger charge is 2.73. The SMILES string of the molecule is CC1(C)S[C@H]2N(C(=O)[C@@]2(NC=O)NC(=O)OCc2ccc([N+](=O)[O-])cc2)[C@H]1C(=O)OCc1ccc([N+](=O)[O-])cc1. The summed E-state index contributed by atoms with van der Waals surface area (Å²) in [4.78, 5) is 72.1. The van der Waals surface area contributed by atoms with Crippen LogP contribution < -0.4 is 10.6 Å². The van der Waals surface area contributed by atoms with Crippen molar-refractivity contribution in [1.29, 1.82) is 0 Å². The standard InChI is InChI=1S/C24H23N5O10S/c1-23(2)18(19(31)38-11-14-3-7-16(8-4-14)28(34)35)27-20(32)24(25-13-30,21(27)40-23)26-22(33)39-12-15-5-9-17(10-6-15)29(36)37/h3-10,13,18,21H,11-12H2,1-2H3,(H,25,30)(H,26,33)/t18-,21+,24+/m0/s1. The van der Waals surface area contributed by atoms with Crippen LogP contribution in [-0.2, 0) is 37.1 Å². The lowest BCUT2D eigenvalue weighted by Crippen LogP contribution is -2.84. The fourth-order valence-corrected chi connectivity index (χ4v) is 6.07. The number of thioether (sulfide) groups is 1. The number of rotatable bonds is 10. The Bertz CT molecular complexity index is 1370. The van der Waals surface area contributed by atoms with Crippen molar-refractivity contribution in [2.45, 2.75) is 48.9 Å². The van der Waals surface area contributed by atoms with Gasteiger partial charge >= 0.3 is 12.1 Å². The lowest BCUT2D eigenvalue weighted by molar-refractivity contribution is -0.385. The smallest absolute Gasteiger partial charge is 0.409 e. The molecule has 0 unspecified atom stereocenters. The van der Waals surface area contributed by atoms with Gasteiger partial charge in [-0.15, -0.1) is 11.8 Å². The van der Waals surface area contributed by atoms with E-state index in [9.17, 15) is 39.4 Å². The summed E-state index contributed by atoms with van der Waals surface area (Å²) in [6.45, 7) is 2.96. The summed E-state index contributed by atoms with van der Waals surface area (Å²) in [5, 5.41) is 25.5. The first-order chi connectivity index (χ1) is 18.9. The molecule has 2 aromatic rings. The third-order valence-corrected chi connectivity index (χ3v) is 8.04. The first-order valence-electron chi connectivity index (χ1n) is 11.7. The van der Waals surface area contributed by atoms with Crippen molar-refractivity contribution in [3.05, 3.63) is 79.9 Å². The van der Waals surface area contributed by atoms with Crippen molar-refractivity contribution >= 4 is 47.5 Å². The molecule has 2 aromatic carbocycles. The summed E-state index contributed by atoms with van der Waals surface area (Å²) in [6, 6.07) is 9.69. The lowest BCUT2D eigenvalue weighted by Gasteiger charge is -2.52. The van der Waals surface area contributed by atoms with Gasteiger partial charge in [0.1, 0.15) is 24.6 Å². The molecule has 2 fully saturated rings. The molecule has 2 saturated heterocycles. The molecule has 2 heterocycles. The number of ether oxygens (including phenoxy) is 2. The molecule has 3 amide bonds. The van der Waals surface area contributed by atoms with E-state index in [1.54, 1.807) is 13.8 Å². The zero-order chi connectivity index (χ0) is 29.2. The molecule has 0 radical (unpaired) electrons. The van der Waals surface area contributed by atoms with E-state index in [1.165, 1.54) is 65.2 Å². The van der Waals surface area contributed by atoms with Gasteiger partial charge in [0.15, 0.2) is 0 Å². The van der Waals surface area contributed by atoms with E-state index in [0.717, 1.165) is 0 Å². The van der Waals surface area contributed by atoms with E-state index in [4.69, 9.17) is 9.47 Å². The van der Waals surface area contributed by atoms with Gasteiger partial charge in [-0.1, -0.05) is 0 Å². The molecular formula is C24H23N5O10S. The van der Waals surface area contributed by atoms with Gasteiger partial charge in [-0.05, 0) is 49.2 Å². The minimum Gasteiger partial charge on any atom is -0.459 e. The maximum Gasteiger partial charge on any atom is 0.409 e. The summed E-state index contributed by atoms with van der Waals surface area (Å²) >= 11 is 1.17. The van der Waals surface area contributed by atoms with Gasteiger partial charge in [0.05, 0.1) is 9.85 Å². The van der Waals surface area contributed by atoms with E-state index in [1.807, 2.05) is 0 Å². The van der Waals surface area contributed by atoms with Crippen molar-refractivity contribution in [3.8, 4) is 0 Å². The molecule has 2 N–H and O–H groups in total. The fraction of sp³-hybridized carbons (Fsp3) is 0.333. The third-order valence-electron chi connectivity index (χ3n) is 6.40. The van der Waals surface area contributed by atoms with Crippen LogP contribution in [0.1, 0.15) is 25.0 Å². The molecule has 15 nitrogen and oxygen atoms in total. The van der Waals surface area contributed by atoms with Crippen molar-refractivity contribution in [3.63, 3.8) is 0 Å². The number of alkyl carbamates (subject to hydrolysis) is 1. The quantitative estimate of drug-likeness (QED) is 0.105. The maximum atomic E-state index is 13.3. The minimum atomic E-state index is -1.89. The minimum absolute atomic E-state index is 0.116. The molecule has 0 bridgehead atoms. The molecule has 4 rings (SSSR count). The zero-order valence-corrected chi connectivity index (χ0v) is 21.9. The monoisotopic (exact) mass is 573 g/mol. The number of carbonyl (C=O) groups is 4. The Balaban J connectivity index is 1.42. The van der Waals surface area contributed by atoms with E-state index in [-0.39, 0.29) is 31.0 Å². The second-order valence-electron chi connectivity index (χ2n) is 9.41. The molecule has 0 aliphatic carbocycles. The van der Waals surface area contributed by atoms with E-state index in [0.29, 0.717) is 11.1 Å². The van der Waals surface area contributed by atoms with Crippen molar-refractivity contribution < 1.29 is 38.5 Å². The van der Waals surface area contributed by atoms with Gasteiger partial charge < -0.3 is 19.7 Å². The van der Waals surface area contributed by atoms with Crippen LogP contribution in [0.25, 0.3) is 0 Å². The van der Waals surface area contributed by atoms with Crippen molar-refractivity contribution in [2.75, 3.05) is 0 Å². The Morgan fingerprint density at radius 2 is 1.48 bits per heavy atom. The molecule has 2 aliphatic rings. The zero-order valence-electron chi connectivity index (χ0n) is 21.1. The van der Waals surface area contributed by atoms with Crippen LogP contribution in [0, 0.1) is 20.2 Å². The Morgan fingerprint density at radius 3 is 1.95 bits per heavy atom. The lowest BCUT2D eigenvalue weighted by atomic mass is 9.91. The highest BCUT2D eigenvalue weighted by atomic mass is 32.2. The molecule has 0 aromatic heterocycles. The Labute approximate surface area is 230 Å². The summed E-state index contributed by atoms with van der Waals surface area (Å²) in [7, 11) is 0. The number of β-lactam (4-membered cyclic amide) rings is 1. The van der Waals surface area contributed by atoms with Gasteiger partial charge in [-0.3, -0.25) is 35.1 Å². The number of fused-ring (bicyclic) bond motifs is 1. The molecule has 2 aliphatic heterocycles. The van der Waals surface area contributed by atoms with Crippen LogP contribution in [-0.4, -0.2) is 61.0 Å². The molecule has 0 saturated carbocycles. The first-order valence-corrected chi connectivity index (χ1v) is 12.6. The van der Waals surface area contributed by atoms with E-state index >= 15 is 0 Å². The van der Waals surface area contributed by atoms with Gasteiger partial charge in [-0.25, -0.2) is 9.59 Å². The normalized spacial score (nSPS) is 22.4. The van der Waals surface area contributed by atoms with Crippen LogP contribution in [0.15, 0.2) is 48.5 Å². The average Bonchev–Trinajstić information content (AvgIpc) is 3.19. The topological polar surface area (TPSA) is 200 Å². The maximum absolute atomic E-state index is 13.3. The Kier molecular flexibility index (Phi) is 7.63. The second kappa shape index (κ2) is 10.8. The molecule has 40 heavy (non-hydrogen) atoms. The summed E-state index contributed by atoms with van der Waals surface area (Å²) in [5.41, 5.74) is -1.18. The predicted octanol–water partition coefficient (Wildman–Crippen LogP) is 1.98. The summed E-state index contributed by atoms with van der Waals surface area (Å²) in [5.74, 6) is -1.49. The highest BCUT2D eigenvalue weighted by molar-refractivity contribution is 8.01. The van der Waals surface area contributed by atoms with Crippen LogP contribution in [0.2, 0.25) is 0 Å². The number of hydrogen-bond acceptors (Lipinski definition) is 11. The fourth-order valence-electron chi connectivity index (χ4n) is 4.42. The predicted molar refractivity (Wildman–Crippen MR) is 137 cm³/mol. The van der Waals surface area contributed by atoms with Gasteiger partial charge in [0, 0.05) is 29.0 Å². The number of amides is 3. The third kappa shape index (κ3) is 5.25. The van der Waals surface area contributed by atoms with Crippen molar-refractivity contribution in [1.82, 2.24) is 15.5 Å². The molecule has 210 valence electrons. The van der Waals surface area contributed by atoms with Gasteiger partial charge in [0.25, 0.3) is 17.3 Å². The number of benzene rings is 2. The van der Waals surface area contributed by atoms with Gasteiger partial charge in [0.2, 0.25) is 12.1 Å². The number of nitrogens with one attached hydrogen (secondary N) is 2. The van der Waals surface area contributed by atoms with E-state index in [2.05, 4.69) is 10.6 Å². The number of esters is 1. The van der Waals surface area contributed by atoms with Crippen LogP contribution in [0.3, 0.4) is 0 Å². The molecule has 3 atom stereocenters. The van der Waals surface area contributed by atoms with Gasteiger partial charge in [-0.2, -0.15) is 0 Å². The average molecular weight is 574 g/mol. The number of non-ortho nitro benzene ring substituents is 2. The number of hydrogen-bond donors (Lipinski definition) is 2. The number of nitro groups is 2. The number of nitrogens with zero attached hydrogens (tertiary/aromatic N) is 3. The molecule has 16 heteroatoms. The largest absolute Gasteiger partial charge is 0.459 e. The van der Waals surface area contributed by atoms with E-state index < -0.39 is 49.6 Å². The first kappa shape index (κ1) is 28.3. The van der Waals surface area contributed by atoms with Crippen LogP contribution >= 0.6 is 11.8 Å². The Morgan fingerprint density at radius 1 is 0.975 bits per heavy atom. The number of nitro benzene ring substituents is 2. The number of carbonyl (C=O) groups excluding carboxylic acids is 4. The van der Waals surface area contributed by atoms with Crippen LogP contribution in [0.4, 0.5) is 16.2 Å². The second-order valence-corrected chi connectivity index (χ2v) is 11.1. The highest BCUT2D eigenvalue weighted by Crippen LogP contribution is 2.54. The van der Waals surface area contributed by atoms with Crippen molar-refractivity contribution in [2.24, 2.45) is 0 Å². The summed E-state index contributed by atoms with van der Waals surface area (Å²) in [6.07, 6.45) is -0.789. The Hall–Kier alpha value is -4.73.